The Bertz CT molecular complexity index is 466. The molecule has 0 amide bonds. The average molecular weight is 215 g/mol. The Morgan fingerprint density at radius 1 is 1.25 bits per heavy atom. The lowest BCUT2D eigenvalue weighted by molar-refractivity contribution is 0.254. The Balaban J connectivity index is 2.58. The van der Waals surface area contributed by atoms with E-state index in [0.29, 0.717) is 0 Å². The number of isocyanates is 1. The molecule has 0 saturated heterocycles. The molecule has 2 rings (SSSR count). The van der Waals surface area contributed by atoms with Crippen molar-refractivity contribution in [1.82, 2.24) is 0 Å². The highest BCUT2D eigenvalue weighted by Crippen LogP contribution is 2.46. The van der Waals surface area contributed by atoms with E-state index in [-0.39, 0.29) is 5.54 Å². The fourth-order valence-electron chi connectivity index (χ4n) is 2.56. The second kappa shape index (κ2) is 3.88. The third kappa shape index (κ3) is 1.60. The Kier molecular flexibility index (Phi) is 2.69. The number of benzene rings is 1. The lowest BCUT2D eigenvalue weighted by Gasteiger charge is -2.38. The number of aliphatic imine (C=N–C) groups is 1. The Labute approximate surface area is 96.4 Å². The van der Waals surface area contributed by atoms with Gasteiger partial charge in [-0.05, 0) is 56.7 Å². The Hall–Kier alpha value is -1.40. The number of hydrogen-bond acceptors (Lipinski definition) is 2. The van der Waals surface area contributed by atoms with Crippen molar-refractivity contribution in [1.29, 1.82) is 0 Å². The monoisotopic (exact) mass is 215 g/mol. The molecule has 84 valence electrons. The zero-order valence-electron chi connectivity index (χ0n) is 10.1. The van der Waals surface area contributed by atoms with Gasteiger partial charge in [0.25, 0.3) is 0 Å². The van der Waals surface area contributed by atoms with Crippen LogP contribution in [0.4, 0.5) is 0 Å². The van der Waals surface area contributed by atoms with Gasteiger partial charge < -0.3 is 0 Å². The SMILES string of the molecule is Cc1cc(C)c(C)c(C2(N=C=O)CCC2)c1. The highest BCUT2D eigenvalue weighted by Gasteiger charge is 2.40. The molecular weight excluding hydrogens is 198 g/mol. The fraction of sp³-hybridized carbons (Fsp3) is 0.500. The van der Waals surface area contributed by atoms with Crippen molar-refractivity contribution >= 4 is 6.08 Å². The van der Waals surface area contributed by atoms with E-state index in [1.54, 1.807) is 6.08 Å². The first-order valence-electron chi connectivity index (χ1n) is 5.76. The molecule has 1 saturated carbocycles. The van der Waals surface area contributed by atoms with Gasteiger partial charge in [0.2, 0.25) is 6.08 Å². The highest BCUT2D eigenvalue weighted by atomic mass is 16.1. The number of hydrogen-bond donors (Lipinski definition) is 0. The minimum Gasteiger partial charge on any atom is -0.211 e. The maximum Gasteiger partial charge on any atom is 0.235 e. The highest BCUT2D eigenvalue weighted by molar-refractivity contribution is 5.46. The molecule has 0 N–H and O–H groups in total. The van der Waals surface area contributed by atoms with E-state index in [1.165, 1.54) is 22.3 Å². The summed E-state index contributed by atoms with van der Waals surface area (Å²) in [6.07, 6.45) is 4.86. The molecule has 0 bridgehead atoms. The van der Waals surface area contributed by atoms with Gasteiger partial charge in [0.1, 0.15) is 0 Å². The summed E-state index contributed by atoms with van der Waals surface area (Å²) in [5.41, 5.74) is 4.75. The molecule has 0 spiro atoms. The predicted molar refractivity (Wildman–Crippen MR) is 64.3 cm³/mol. The number of aryl methyl sites for hydroxylation is 2. The Morgan fingerprint density at radius 2 is 1.94 bits per heavy atom. The van der Waals surface area contributed by atoms with E-state index in [9.17, 15) is 4.79 Å². The van der Waals surface area contributed by atoms with Gasteiger partial charge >= 0.3 is 0 Å². The summed E-state index contributed by atoms with van der Waals surface area (Å²) in [5.74, 6) is 0. The molecular formula is C14H17NO. The van der Waals surface area contributed by atoms with E-state index in [2.05, 4.69) is 37.9 Å². The summed E-state index contributed by atoms with van der Waals surface area (Å²) in [5, 5.41) is 0. The molecule has 0 aliphatic heterocycles. The van der Waals surface area contributed by atoms with E-state index in [0.717, 1.165) is 19.3 Å². The second-order valence-electron chi connectivity index (χ2n) is 4.84. The van der Waals surface area contributed by atoms with Crippen molar-refractivity contribution in [2.24, 2.45) is 4.99 Å². The fourth-order valence-corrected chi connectivity index (χ4v) is 2.56. The van der Waals surface area contributed by atoms with Crippen LogP contribution in [0.1, 0.15) is 41.5 Å². The molecule has 0 heterocycles. The van der Waals surface area contributed by atoms with Crippen LogP contribution < -0.4 is 0 Å². The summed E-state index contributed by atoms with van der Waals surface area (Å²) in [4.78, 5) is 14.6. The number of rotatable bonds is 2. The van der Waals surface area contributed by atoms with Gasteiger partial charge in [-0.3, -0.25) is 0 Å². The molecule has 0 atom stereocenters. The van der Waals surface area contributed by atoms with Gasteiger partial charge in [0.15, 0.2) is 0 Å². The summed E-state index contributed by atoms with van der Waals surface area (Å²) < 4.78 is 0. The molecule has 0 aromatic heterocycles. The molecule has 0 radical (unpaired) electrons. The van der Waals surface area contributed by atoms with Crippen LogP contribution in [0.2, 0.25) is 0 Å². The van der Waals surface area contributed by atoms with Crippen molar-refractivity contribution in [3.8, 4) is 0 Å². The molecule has 2 heteroatoms. The van der Waals surface area contributed by atoms with Gasteiger partial charge in [-0.15, -0.1) is 0 Å². The molecule has 1 aliphatic rings. The number of nitrogens with zero attached hydrogens (tertiary/aromatic N) is 1. The maximum atomic E-state index is 10.6. The van der Waals surface area contributed by atoms with Crippen LogP contribution in [0, 0.1) is 20.8 Å². The summed E-state index contributed by atoms with van der Waals surface area (Å²) in [6, 6.07) is 4.35. The zero-order valence-corrected chi connectivity index (χ0v) is 10.1. The van der Waals surface area contributed by atoms with Gasteiger partial charge in [0, 0.05) is 0 Å². The van der Waals surface area contributed by atoms with E-state index in [4.69, 9.17) is 0 Å². The normalized spacial score (nSPS) is 17.4. The van der Waals surface area contributed by atoms with Crippen molar-refractivity contribution in [2.75, 3.05) is 0 Å². The molecule has 2 nitrogen and oxygen atoms in total. The minimum absolute atomic E-state index is 0.261. The third-order valence-electron chi connectivity index (χ3n) is 3.75. The zero-order chi connectivity index (χ0) is 11.8. The first-order chi connectivity index (χ1) is 7.59. The topological polar surface area (TPSA) is 29.4 Å². The number of carbonyl (C=O) groups excluding carboxylic acids is 1. The van der Waals surface area contributed by atoms with Crippen molar-refractivity contribution < 1.29 is 4.79 Å². The van der Waals surface area contributed by atoms with Crippen LogP contribution in [0.3, 0.4) is 0 Å². The van der Waals surface area contributed by atoms with Gasteiger partial charge in [-0.1, -0.05) is 17.7 Å². The molecule has 0 unspecified atom stereocenters. The largest absolute Gasteiger partial charge is 0.235 e. The van der Waals surface area contributed by atoms with Crippen LogP contribution in [-0.2, 0) is 10.3 Å². The van der Waals surface area contributed by atoms with Crippen LogP contribution in [-0.4, -0.2) is 6.08 Å². The Morgan fingerprint density at radius 3 is 2.44 bits per heavy atom. The van der Waals surface area contributed by atoms with Crippen LogP contribution >= 0.6 is 0 Å². The smallest absolute Gasteiger partial charge is 0.211 e. The summed E-state index contributed by atoms with van der Waals surface area (Å²) >= 11 is 0. The van der Waals surface area contributed by atoms with Gasteiger partial charge in [-0.2, -0.15) is 4.99 Å². The van der Waals surface area contributed by atoms with Gasteiger partial charge in [-0.25, -0.2) is 4.79 Å². The van der Waals surface area contributed by atoms with Crippen LogP contribution in [0.5, 0.6) is 0 Å². The first kappa shape index (κ1) is 11.1. The first-order valence-corrected chi connectivity index (χ1v) is 5.76. The molecule has 1 aliphatic carbocycles. The van der Waals surface area contributed by atoms with Gasteiger partial charge in [0.05, 0.1) is 5.54 Å². The molecule has 1 aromatic carbocycles. The molecule has 1 aromatic rings. The van der Waals surface area contributed by atoms with E-state index >= 15 is 0 Å². The quantitative estimate of drug-likeness (QED) is 0.549. The van der Waals surface area contributed by atoms with Crippen molar-refractivity contribution in [3.63, 3.8) is 0 Å². The second-order valence-corrected chi connectivity index (χ2v) is 4.84. The summed E-state index contributed by atoms with van der Waals surface area (Å²) in [7, 11) is 0. The minimum atomic E-state index is -0.261. The third-order valence-corrected chi connectivity index (χ3v) is 3.75. The molecule has 16 heavy (non-hydrogen) atoms. The average Bonchev–Trinajstić information content (AvgIpc) is 2.17. The van der Waals surface area contributed by atoms with Crippen molar-refractivity contribution in [2.45, 2.75) is 45.6 Å². The van der Waals surface area contributed by atoms with Crippen molar-refractivity contribution in [3.05, 3.63) is 34.4 Å². The van der Waals surface area contributed by atoms with Crippen LogP contribution in [0.25, 0.3) is 0 Å². The standard InChI is InChI=1S/C14H17NO/c1-10-7-11(2)12(3)13(8-10)14(15-9-16)5-4-6-14/h7-8H,4-6H2,1-3H3. The van der Waals surface area contributed by atoms with E-state index in [1.807, 2.05) is 0 Å². The lowest BCUT2D eigenvalue weighted by Crippen LogP contribution is -2.33. The maximum absolute atomic E-state index is 10.6. The van der Waals surface area contributed by atoms with Crippen LogP contribution in [0.15, 0.2) is 17.1 Å². The molecule has 1 fully saturated rings. The summed E-state index contributed by atoms with van der Waals surface area (Å²) in [6.45, 7) is 6.32. The lowest BCUT2D eigenvalue weighted by atomic mass is 9.70. The predicted octanol–water partition coefficient (Wildman–Crippen LogP) is 3.33. The van der Waals surface area contributed by atoms with E-state index < -0.39 is 0 Å².